The number of nitrogens with one attached hydrogen (secondary N) is 2. The van der Waals surface area contributed by atoms with Crippen LogP contribution >= 0.6 is 0 Å². The molecule has 0 amide bonds. The van der Waals surface area contributed by atoms with Crippen LogP contribution in [0.4, 0.5) is 0 Å². The van der Waals surface area contributed by atoms with Gasteiger partial charge in [-0.2, -0.15) is 0 Å². The minimum absolute atomic E-state index is 0.463. The fourth-order valence-electron chi connectivity index (χ4n) is 1.85. The predicted octanol–water partition coefficient (Wildman–Crippen LogP) is 1.02. The lowest BCUT2D eigenvalue weighted by Crippen LogP contribution is -2.11. The van der Waals surface area contributed by atoms with Gasteiger partial charge in [0.2, 0.25) is 0 Å². The number of hydroxylamine groups is 2. The van der Waals surface area contributed by atoms with Crippen LogP contribution in [0.5, 0.6) is 0 Å². The summed E-state index contributed by atoms with van der Waals surface area (Å²) < 4.78 is 0. The molecule has 4 nitrogen and oxygen atoms in total. The zero-order chi connectivity index (χ0) is 9.97. The molecule has 0 aliphatic heterocycles. The van der Waals surface area contributed by atoms with Crippen LogP contribution in [0.3, 0.4) is 0 Å². The molecule has 2 aliphatic rings. The number of fused-ring (bicyclic) bond motifs is 1. The summed E-state index contributed by atoms with van der Waals surface area (Å²) in [6, 6.07) is 0. The second-order valence-electron chi connectivity index (χ2n) is 3.36. The zero-order valence-electron chi connectivity index (χ0n) is 8.33. The summed E-state index contributed by atoms with van der Waals surface area (Å²) in [6.45, 7) is 0. The number of hydrogen-bond acceptors (Lipinski definition) is 4. The van der Waals surface area contributed by atoms with Crippen LogP contribution in [-0.4, -0.2) is 14.2 Å². The van der Waals surface area contributed by atoms with Crippen molar-refractivity contribution in [3.63, 3.8) is 0 Å². The van der Waals surface area contributed by atoms with Gasteiger partial charge in [-0.05, 0) is 24.1 Å². The summed E-state index contributed by atoms with van der Waals surface area (Å²) in [5.41, 5.74) is 9.13. The van der Waals surface area contributed by atoms with Gasteiger partial charge in [0.15, 0.2) is 0 Å². The molecular weight excluding hydrogens is 180 g/mol. The van der Waals surface area contributed by atoms with Crippen LogP contribution in [0.15, 0.2) is 35.2 Å². The van der Waals surface area contributed by atoms with Crippen LogP contribution in [0.2, 0.25) is 0 Å². The standard InChI is InChI=1S/C10H14N2O2/c1-13-11-9-3-7-5-10(12-14-2)6-8(7)4-9/h3-5,8,11-12H,6H2,1-2H3. The Morgan fingerprint density at radius 2 is 2.00 bits per heavy atom. The molecule has 0 fully saturated rings. The van der Waals surface area contributed by atoms with E-state index in [9.17, 15) is 0 Å². The lowest BCUT2D eigenvalue weighted by molar-refractivity contribution is 0.115. The molecule has 0 aromatic rings. The van der Waals surface area contributed by atoms with Gasteiger partial charge in [-0.1, -0.05) is 6.08 Å². The maximum absolute atomic E-state index is 4.86. The Labute approximate surface area is 83.2 Å². The molecule has 1 unspecified atom stereocenters. The van der Waals surface area contributed by atoms with Gasteiger partial charge < -0.3 is 0 Å². The van der Waals surface area contributed by atoms with Crippen LogP contribution in [0, 0.1) is 5.92 Å². The maximum Gasteiger partial charge on any atom is 0.0636 e. The lowest BCUT2D eigenvalue weighted by atomic mass is 10.1. The average molecular weight is 194 g/mol. The maximum atomic E-state index is 4.86. The van der Waals surface area contributed by atoms with Crippen LogP contribution in [-0.2, 0) is 9.68 Å². The zero-order valence-corrected chi connectivity index (χ0v) is 8.33. The molecule has 0 saturated heterocycles. The quantitative estimate of drug-likeness (QED) is 0.656. The highest BCUT2D eigenvalue weighted by atomic mass is 16.6. The van der Waals surface area contributed by atoms with E-state index in [0.717, 1.165) is 17.8 Å². The first-order valence-electron chi connectivity index (χ1n) is 4.55. The van der Waals surface area contributed by atoms with Crippen LogP contribution in [0.1, 0.15) is 6.42 Å². The van der Waals surface area contributed by atoms with E-state index >= 15 is 0 Å². The highest BCUT2D eigenvalue weighted by Crippen LogP contribution is 2.35. The molecule has 0 heterocycles. The summed E-state index contributed by atoms with van der Waals surface area (Å²) in [5.74, 6) is 0.463. The summed E-state index contributed by atoms with van der Waals surface area (Å²) in [7, 11) is 3.23. The van der Waals surface area contributed by atoms with Crippen molar-refractivity contribution in [2.75, 3.05) is 14.2 Å². The molecule has 0 saturated carbocycles. The largest absolute Gasteiger partial charge is 0.280 e. The van der Waals surface area contributed by atoms with E-state index in [4.69, 9.17) is 9.68 Å². The number of hydrogen-bond donors (Lipinski definition) is 2. The molecule has 0 radical (unpaired) electrons. The lowest BCUT2D eigenvalue weighted by Gasteiger charge is -2.05. The molecule has 0 aromatic heterocycles. The molecule has 0 aromatic carbocycles. The Morgan fingerprint density at radius 1 is 1.21 bits per heavy atom. The van der Waals surface area contributed by atoms with Crippen molar-refractivity contribution in [1.82, 2.24) is 11.0 Å². The Hall–Kier alpha value is -1.26. The van der Waals surface area contributed by atoms with Gasteiger partial charge in [-0.3, -0.25) is 20.6 Å². The Bertz CT molecular complexity index is 318. The molecule has 14 heavy (non-hydrogen) atoms. The fourth-order valence-corrected chi connectivity index (χ4v) is 1.85. The third kappa shape index (κ3) is 1.66. The Kier molecular flexibility index (Phi) is 2.56. The first-order valence-corrected chi connectivity index (χ1v) is 4.55. The molecule has 2 N–H and O–H groups in total. The Morgan fingerprint density at radius 3 is 2.64 bits per heavy atom. The van der Waals surface area contributed by atoms with Crippen molar-refractivity contribution in [2.24, 2.45) is 5.92 Å². The summed E-state index contributed by atoms with van der Waals surface area (Å²) in [5, 5.41) is 0. The van der Waals surface area contributed by atoms with E-state index < -0.39 is 0 Å². The van der Waals surface area contributed by atoms with Crippen molar-refractivity contribution in [1.29, 1.82) is 0 Å². The average Bonchev–Trinajstić information content (AvgIpc) is 2.62. The molecule has 2 rings (SSSR count). The smallest absolute Gasteiger partial charge is 0.0636 e. The van der Waals surface area contributed by atoms with E-state index in [0.29, 0.717) is 5.92 Å². The molecule has 0 bridgehead atoms. The van der Waals surface area contributed by atoms with Crippen molar-refractivity contribution < 1.29 is 9.68 Å². The first kappa shape index (κ1) is 9.30. The van der Waals surface area contributed by atoms with Crippen molar-refractivity contribution in [2.45, 2.75) is 6.42 Å². The molecule has 2 aliphatic carbocycles. The van der Waals surface area contributed by atoms with E-state index in [2.05, 4.69) is 29.2 Å². The van der Waals surface area contributed by atoms with Gasteiger partial charge in [0.05, 0.1) is 19.9 Å². The number of allylic oxidation sites excluding steroid dienone is 5. The van der Waals surface area contributed by atoms with Gasteiger partial charge in [0.25, 0.3) is 0 Å². The molecule has 76 valence electrons. The normalized spacial score (nSPS) is 23.9. The SMILES string of the molecule is CONC1=CC2CC(NOC)=CC2=C1. The minimum atomic E-state index is 0.463. The number of rotatable bonds is 4. The molecule has 1 atom stereocenters. The van der Waals surface area contributed by atoms with Crippen molar-refractivity contribution >= 4 is 0 Å². The summed E-state index contributed by atoms with van der Waals surface area (Å²) >= 11 is 0. The van der Waals surface area contributed by atoms with Gasteiger partial charge in [-0.25, -0.2) is 0 Å². The Balaban J connectivity index is 2.02. The molecular formula is C10H14N2O2. The highest BCUT2D eigenvalue weighted by Gasteiger charge is 2.24. The third-order valence-corrected chi connectivity index (χ3v) is 2.36. The van der Waals surface area contributed by atoms with Gasteiger partial charge in [0, 0.05) is 11.6 Å². The van der Waals surface area contributed by atoms with E-state index in [-0.39, 0.29) is 0 Å². The van der Waals surface area contributed by atoms with E-state index in [1.165, 1.54) is 5.57 Å². The second-order valence-corrected chi connectivity index (χ2v) is 3.36. The van der Waals surface area contributed by atoms with Gasteiger partial charge in [0.1, 0.15) is 0 Å². The van der Waals surface area contributed by atoms with Crippen molar-refractivity contribution in [3.8, 4) is 0 Å². The van der Waals surface area contributed by atoms with Crippen LogP contribution in [0.25, 0.3) is 0 Å². The topological polar surface area (TPSA) is 42.5 Å². The van der Waals surface area contributed by atoms with E-state index in [1.54, 1.807) is 14.2 Å². The highest BCUT2D eigenvalue weighted by molar-refractivity contribution is 5.46. The monoisotopic (exact) mass is 194 g/mol. The molecule has 0 spiro atoms. The minimum Gasteiger partial charge on any atom is -0.280 e. The summed E-state index contributed by atoms with van der Waals surface area (Å²) in [4.78, 5) is 9.70. The van der Waals surface area contributed by atoms with Gasteiger partial charge in [-0.15, -0.1) is 0 Å². The van der Waals surface area contributed by atoms with Gasteiger partial charge >= 0.3 is 0 Å². The van der Waals surface area contributed by atoms with Crippen LogP contribution < -0.4 is 11.0 Å². The predicted molar refractivity (Wildman–Crippen MR) is 52.6 cm³/mol. The second kappa shape index (κ2) is 3.86. The van der Waals surface area contributed by atoms with Crippen molar-refractivity contribution in [3.05, 3.63) is 35.2 Å². The summed E-state index contributed by atoms with van der Waals surface area (Å²) in [6.07, 6.45) is 7.31. The third-order valence-electron chi connectivity index (χ3n) is 2.36. The van der Waals surface area contributed by atoms with E-state index in [1.807, 2.05) is 0 Å². The fraction of sp³-hybridized carbons (Fsp3) is 0.400. The first-order chi connectivity index (χ1) is 6.83. The molecule has 4 heteroatoms.